The van der Waals surface area contributed by atoms with Gasteiger partial charge in [-0.25, -0.2) is 0 Å². The first-order valence-corrected chi connectivity index (χ1v) is 19.6. The Morgan fingerprint density at radius 3 is 2.00 bits per heavy atom. The van der Waals surface area contributed by atoms with Gasteiger partial charge in [0, 0.05) is 27.2 Å². The highest BCUT2D eigenvalue weighted by Gasteiger charge is 2.22. The van der Waals surface area contributed by atoms with E-state index < -0.39 is 8.07 Å². The molecule has 0 aliphatic carbocycles. The summed E-state index contributed by atoms with van der Waals surface area (Å²) in [6.45, 7) is 7.35. The highest BCUT2D eigenvalue weighted by Crippen LogP contribution is 2.43. The fourth-order valence-corrected chi connectivity index (χ4v) is 9.57. The van der Waals surface area contributed by atoms with Crippen LogP contribution in [0.4, 0.5) is 0 Å². The molecule has 0 unspecified atom stereocenters. The van der Waals surface area contributed by atoms with Crippen LogP contribution in [0, 0.1) is 0 Å². The van der Waals surface area contributed by atoms with E-state index in [4.69, 9.17) is 4.42 Å². The standard InChI is InChI=1S/C43H31NOSi/c1-46(2,3)41-22-17-27-14-19-32-30(18-13-26-15-20-33(41)43(27)42(26)32)28-16-21-37-34(23-28)35-25-40-36(31-11-7-8-12-39(31)45-40)24-38(35)44(37)29-9-5-4-6-10-29/h4-25H,1-3H3. The van der Waals surface area contributed by atoms with Crippen molar-refractivity contribution in [1.82, 2.24) is 4.57 Å². The number of aromatic nitrogens is 1. The van der Waals surface area contributed by atoms with Gasteiger partial charge in [-0.2, -0.15) is 0 Å². The van der Waals surface area contributed by atoms with E-state index in [-0.39, 0.29) is 0 Å². The third-order valence-corrected chi connectivity index (χ3v) is 12.1. The van der Waals surface area contributed by atoms with Crippen LogP contribution in [0.5, 0.6) is 0 Å². The maximum Gasteiger partial charge on any atom is 0.136 e. The van der Waals surface area contributed by atoms with E-state index in [1.54, 1.807) is 0 Å². The van der Waals surface area contributed by atoms with Gasteiger partial charge >= 0.3 is 0 Å². The summed E-state index contributed by atoms with van der Waals surface area (Å²) in [6.07, 6.45) is 0. The molecule has 0 aliphatic rings. The van der Waals surface area contributed by atoms with Crippen LogP contribution in [0.2, 0.25) is 19.6 Å². The summed E-state index contributed by atoms with van der Waals surface area (Å²) in [4.78, 5) is 0. The SMILES string of the molecule is C[Si](C)(C)c1ccc2ccc3c(-c4ccc5c(c4)c4cc6oc7ccccc7c6cc4n5-c4ccccc4)ccc4ccc1c2c43. The van der Waals surface area contributed by atoms with Gasteiger partial charge in [0.2, 0.25) is 0 Å². The van der Waals surface area contributed by atoms with Crippen molar-refractivity contribution in [2.45, 2.75) is 19.6 Å². The molecule has 0 atom stereocenters. The summed E-state index contributed by atoms with van der Waals surface area (Å²) in [5.74, 6) is 0. The number of rotatable bonds is 3. The Balaban J connectivity index is 1.28. The predicted molar refractivity (Wildman–Crippen MR) is 200 cm³/mol. The Labute approximate surface area is 267 Å². The topological polar surface area (TPSA) is 18.1 Å². The normalized spacial score (nSPS) is 12.7. The molecule has 8 aromatic carbocycles. The molecule has 46 heavy (non-hydrogen) atoms. The molecule has 3 heteroatoms. The Bertz CT molecular complexity index is 2830. The number of nitrogens with zero attached hydrogens (tertiary/aromatic N) is 1. The molecule has 0 saturated carbocycles. The van der Waals surface area contributed by atoms with E-state index in [0.717, 1.165) is 27.6 Å². The summed E-state index contributed by atoms with van der Waals surface area (Å²) in [5.41, 5.74) is 7.88. The second kappa shape index (κ2) is 9.09. The van der Waals surface area contributed by atoms with Crippen molar-refractivity contribution in [1.29, 1.82) is 0 Å². The van der Waals surface area contributed by atoms with Crippen molar-refractivity contribution < 1.29 is 4.42 Å². The molecule has 0 bridgehead atoms. The number of hydrogen-bond acceptors (Lipinski definition) is 1. The molecule has 0 saturated heterocycles. The van der Waals surface area contributed by atoms with E-state index in [1.807, 2.05) is 6.07 Å². The smallest absolute Gasteiger partial charge is 0.136 e. The van der Waals surface area contributed by atoms with E-state index >= 15 is 0 Å². The second-order valence-electron chi connectivity index (χ2n) is 13.8. The highest BCUT2D eigenvalue weighted by molar-refractivity contribution is 6.90. The Hall–Kier alpha value is -5.38. The minimum absolute atomic E-state index is 0.923. The van der Waals surface area contributed by atoms with E-state index in [0.29, 0.717) is 0 Å². The van der Waals surface area contributed by atoms with Gasteiger partial charge in [-0.1, -0.05) is 116 Å². The van der Waals surface area contributed by atoms with Crippen molar-refractivity contribution in [2.75, 3.05) is 0 Å². The third-order valence-electron chi connectivity index (χ3n) is 10.1. The molecule has 0 amide bonds. The summed E-state index contributed by atoms with van der Waals surface area (Å²) in [7, 11) is -1.53. The number of hydrogen-bond donors (Lipinski definition) is 0. The highest BCUT2D eigenvalue weighted by atomic mass is 28.3. The van der Waals surface area contributed by atoms with Crippen LogP contribution in [0.3, 0.4) is 0 Å². The summed E-state index contributed by atoms with van der Waals surface area (Å²) in [6, 6.07) is 49.3. The minimum atomic E-state index is -1.53. The Morgan fingerprint density at radius 2 is 1.17 bits per heavy atom. The lowest BCUT2D eigenvalue weighted by Crippen LogP contribution is -2.38. The maximum absolute atomic E-state index is 6.39. The van der Waals surface area contributed by atoms with Crippen LogP contribution in [-0.4, -0.2) is 12.6 Å². The average molecular weight is 606 g/mol. The molecular formula is C43H31NOSi. The molecule has 2 heterocycles. The van der Waals surface area contributed by atoms with Crippen LogP contribution in [-0.2, 0) is 0 Å². The summed E-state index contributed by atoms with van der Waals surface area (Å²) < 4.78 is 8.79. The van der Waals surface area contributed by atoms with Crippen LogP contribution in [0.25, 0.3) is 92.9 Å². The second-order valence-corrected chi connectivity index (χ2v) is 18.8. The molecule has 10 aromatic rings. The maximum atomic E-state index is 6.39. The number of para-hydroxylation sites is 2. The van der Waals surface area contributed by atoms with E-state index in [1.165, 1.54) is 70.4 Å². The predicted octanol–water partition coefficient (Wildman–Crippen LogP) is 11.8. The van der Waals surface area contributed by atoms with Crippen LogP contribution in [0.15, 0.2) is 138 Å². The van der Waals surface area contributed by atoms with Gasteiger partial charge in [-0.3, -0.25) is 0 Å². The number of furan rings is 1. The molecule has 10 rings (SSSR count). The van der Waals surface area contributed by atoms with Gasteiger partial charge in [0.05, 0.1) is 19.1 Å². The van der Waals surface area contributed by atoms with E-state index in [9.17, 15) is 0 Å². The van der Waals surface area contributed by atoms with Gasteiger partial charge in [0.25, 0.3) is 0 Å². The molecule has 2 aromatic heterocycles. The first kappa shape index (κ1) is 25.9. The third kappa shape index (κ3) is 3.52. The summed E-state index contributed by atoms with van der Waals surface area (Å²) in [5, 5.41) is 14.4. The van der Waals surface area contributed by atoms with Gasteiger partial charge in [-0.15, -0.1) is 0 Å². The largest absolute Gasteiger partial charge is 0.456 e. The van der Waals surface area contributed by atoms with Crippen LogP contribution >= 0.6 is 0 Å². The van der Waals surface area contributed by atoms with Crippen molar-refractivity contribution in [3.63, 3.8) is 0 Å². The van der Waals surface area contributed by atoms with Crippen molar-refractivity contribution in [3.05, 3.63) is 133 Å². The molecule has 0 N–H and O–H groups in total. The van der Waals surface area contributed by atoms with Crippen LogP contribution in [0.1, 0.15) is 0 Å². The lowest BCUT2D eigenvalue weighted by atomic mass is 9.89. The zero-order valence-corrected chi connectivity index (χ0v) is 27.1. The van der Waals surface area contributed by atoms with Crippen molar-refractivity contribution >= 4 is 89.3 Å². The zero-order chi connectivity index (χ0) is 30.7. The lowest BCUT2D eigenvalue weighted by Gasteiger charge is -2.22. The molecule has 0 fully saturated rings. The lowest BCUT2D eigenvalue weighted by molar-refractivity contribution is 0.669. The molecular weight excluding hydrogens is 575 g/mol. The fourth-order valence-electron chi connectivity index (χ4n) is 7.97. The first-order chi connectivity index (χ1) is 22.4. The fraction of sp³-hybridized carbons (Fsp3) is 0.0698. The first-order valence-electron chi connectivity index (χ1n) is 16.1. The Morgan fingerprint density at radius 1 is 0.478 bits per heavy atom. The molecule has 0 spiro atoms. The van der Waals surface area contributed by atoms with Gasteiger partial charge < -0.3 is 8.98 Å². The molecule has 2 nitrogen and oxygen atoms in total. The van der Waals surface area contributed by atoms with Crippen molar-refractivity contribution in [2.24, 2.45) is 0 Å². The Kier molecular flexibility index (Phi) is 5.12. The van der Waals surface area contributed by atoms with E-state index in [2.05, 4.69) is 152 Å². The monoisotopic (exact) mass is 605 g/mol. The molecule has 0 radical (unpaired) electrons. The molecule has 218 valence electrons. The van der Waals surface area contributed by atoms with Gasteiger partial charge in [0.15, 0.2) is 0 Å². The molecule has 0 aliphatic heterocycles. The van der Waals surface area contributed by atoms with Gasteiger partial charge in [0.1, 0.15) is 11.2 Å². The zero-order valence-electron chi connectivity index (χ0n) is 26.1. The summed E-state index contributed by atoms with van der Waals surface area (Å²) >= 11 is 0. The minimum Gasteiger partial charge on any atom is -0.456 e. The average Bonchev–Trinajstić information content (AvgIpc) is 3.60. The van der Waals surface area contributed by atoms with Gasteiger partial charge in [-0.05, 0) is 85.9 Å². The quantitative estimate of drug-likeness (QED) is 0.145. The number of benzene rings is 8. The van der Waals surface area contributed by atoms with Crippen LogP contribution < -0.4 is 5.19 Å². The number of fused-ring (bicyclic) bond motifs is 6. The van der Waals surface area contributed by atoms with Crippen molar-refractivity contribution in [3.8, 4) is 16.8 Å².